The highest BCUT2D eigenvalue weighted by Gasteiger charge is 2.38. The quantitative estimate of drug-likeness (QED) is 0.886. The van der Waals surface area contributed by atoms with Crippen molar-refractivity contribution < 1.29 is 5.11 Å². The van der Waals surface area contributed by atoms with E-state index in [-0.39, 0.29) is 17.6 Å². The highest BCUT2D eigenvalue weighted by molar-refractivity contribution is 5.87. The van der Waals surface area contributed by atoms with Crippen molar-refractivity contribution in [2.24, 2.45) is 7.05 Å². The molecule has 4 heterocycles. The van der Waals surface area contributed by atoms with E-state index in [9.17, 15) is 5.11 Å². The first-order valence-electron chi connectivity index (χ1n) is 9.22. The first kappa shape index (κ1) is 16.7. The fraction of sp³-hybridized carbons (Fsp3) is 0.722. The lowest BCUT2D eigenvalue weighted by Crippen LogP contribution is -2.41. The molecule has 2 aromatic rings. The number of β-amino-alcohol motifs (C(OH)–C–C–N with tert-alkyl or cyclic N) is 1. The maximum atomic E-state index is 10.6. The average Bonchev–Trinajstić information content (AvgIpc) is 3.26. The summed E-state index contributed by atoms with van der Waals surface area (Å²) in [5, 5.41) is 16.0. The lowest BCUT2D eigenvalue weighted by molar-refractivity contribution is 0.0986. The first-order chi connectivity index (χ1) is 11.8. The van der Waals surface area contributed by atoms with Gasteiger partial charge in [0, 0.05) is 25.6 Å². The second-order valence-corrected chi connectivity index (χ2v) is 8.41. The minimum atomic E-state index is -0.335. The fourth-order valence-corrected chi connectivity index (χ4v) is 3.96. The molecule has 25 heavy (non-hydrogen) atoms. The number of aryl methyl sites for hydroxylation is 1. The van der Waals surface area contributed by atoms with Crippen LogP contribution in [0.2, 0.25) is 0 Å². The van der Waals surface area contributed by atoms with Crippen molar-refractivity contribution in [1.82, 2.24) is 24.6 Å². The highest BCUT2D eigenvalue weighted by atomic mass is 16.3. The molecule has 0 aromatic carbocycles. The normalized spacial score (nSPS) is 25.4. The zero-order valence-corrected chi connectivity index (χ0v) is 15.6. The predicted molar refractivity (Wildman–Crippen MR) is 97.8 cm³/mol. The minimum Gasteiger partial charge on any atom is -0.390 e. The van der Waals surface area contributed by atoms with Crippen LogP contribution in [0.5, 0.6) is 0 Å². The van der Waals surface area contributed by atoms with Gasteiger partial charge in [-0.2, -0.15) is 5.10 Å². The molecule has 0 spiro atoms. The average molecular weight is 344 g/mol. The molecule has 2 fully saturated rings. The van der Waals surface area contributed by atoms with Crippen LogP contribution in [0, 0.1) is 0 Å². The molecule has 0 saturated carbocycles. The molecule has 2 aliphatic heterocycles. The summed E-state index contributed by atoms with van der Waals surface area (Å²) in [6, 6.07) is 0.197. The minimum absolute atomic E-state index is 0.139. The molecule has 2 aromatic heterocycles. The second-order valence-electron chi connectivity index (χ2n) is 8.41. The molecule has 7 heteroatoms. The van der Waals surface area contributed by atoms with E-state index in [0.717, 1.165) is 42.3 Å². The SMILES string of the molecule is Cn1ncc2c(N3CC(O)C(N4CCCC4)C3)nc(C(C)(C)C)nc21. The van der Waals surface area contributed by atoms with Gasteiger partial charge in [-0.15, -0.1) is 0 Å². The summed E-state index contributed by atoms with van der Waals surface area (Å²) < 4.78 is 1.81. The number of rotatable bonds is 2. The van der Waals surface area contributed by atoms with Crippen LogP contribution < -0.4 is 4.90 Å². The van der Waals surface area contributed by atoms with Crippen LogP contribution in [0.4, 0.5) is 5.82 Å². The van der Waals surface area contributed by atoms with Crippen LogP contribution in [0.1, 0.15) is 39.4 Å². The topological polar surface area (TPSA) is 70.3 Å². The van der Waals surface area contributed by atoms with Gasteiger partial charge in [0.2, 0.25) is 0 Å². The van der Waals surface area contributed by atoms with E-state index in [4.69, 9.17) is 9.97 Å². The molecule has 7 nitrogen and oxygen atoms in total. The fourth-order valence-electron chi connectivity index (χ4n) is 3.96. The molecule has 2 unspecified atom stereocenters. The Hall–Kier alpha value is -1.73. The molecule has 2 atom stereocenters. The monoisotopic (exact) mass is 344 g/mol. The Balaban J connectivity index is 1.73. The Kier molecular flexibility index (Phi) is 3.96. The Morgan fingerprint density at radius 1 is 1.12 bits per heavy atom. The van der Waals surface area contributed by atoms with E-state index < -0.39 is 0 Å². The molecular formula is C18H28N6O. The maximum absolute atomic E-state index is 10.6. The van der Waals surface area contributed by atoms with Crippen molar-refractivity contribution in [2.75, 3.05) is 31.1 Å². The van der Waals surface area contributed by atoms with Crippen LogP contribution >= 0.6 is 0 Å². The zero-order chi connectivity index (χ0) is 17.8. The van der Waals surface area contributed by atoms with E-state index >= 15 is 0 Å². The van der Waals surface area contributed by atoms with Gasteiger partial charge >= 0.3 is 0 Å². The van der Waals surface area contributed by atoms with Gasteiger partial charge < -0.3 is 10.0 Å². The summed E-state index contributed by atoms with van der Waals surface area (Å²) >= 11 is 0. The van der Waals surface area contributed by atoms with E-state index in [0.29, 0.717) is 6.54 Å². The number of hydrogen-bond donors (Lipinski definition) is 1. The van der Waals surface area contributed by atoms with Gasteiger partial charge in [0.15, 0.2) is 5.65 Å². The predicted octanol–water partition coefficient (Wildman–Crippen LogP) is 1.31. The molecule has 2 saturated heterocycles. The molecule has 2 aliphatic rings. The number of fused-ring (bicyclic) bond motifs is 1. The molecule has 4 rings (SSSR count). The van der Waals surface area contributed by atoms with Crippen LogP contribution in [0.25, 0.3) is 11.0 Å². The molecular weight excluding hydrogens is 316 g/mol. The zero-order valence-electron chi connectivity index (χ0n) is 15.6. The summed E-state index contributed by atoms with van der Waals surface area (Å²) in [5.74, 6) is 1.72. The van der Waals surface area contributed by atoms with Crippen molar-refractivity contribution in [3.63, 3.8) is 0 Å². The van der Waals surface area contributed by atoms with Crippen molar-refractivity contribution in [3.8, 4) is 0 Å². The van der Waals surface area contributed by atoms with Crippen molar-refractivity contribution in [1.29, 1.82) is 0 Å². The lowest BCUT2D eigenvalue weighted by atomic mass is 9.95. The number of aliphatic hydroxyl groups is 1. The van der Waals surface area contributed by atoms with Crippen LogP contribution in [-0.4, -0.2) is 68.1 Å². The van der Waals surface area contributed by atoms with Crippen molar-refractivity contribution in [3.05, 3.63) is 12.0 Å². The Morgan fingerprint density at radius 2 is 1.84 bits per heavy atom. The summed E-state index contributed by atoms with van der Waals surface area (Å²) in [7, 11) is 1.91. The molecule has 0 aliphatic carbocycles. The van der Waals surface area contributed by atoms with Crippen molar-refractivity contribution in [2.45, 2.75) is 51.2 Å². The van der Waals surface area contributed by atoms with Gasteiger partial charge in [0.05, 0.1) is 23.7 Å². The third-order valence-electron chi connectivity index (χ3n) is 5.41. The maximum Gasteiger partial charge on any atom is 0.163 e. The van der Waals surface area contributed by atoms with Gasteiger partial charge in [0.25, 0.3) is 0 Å². The van der Waals surface area contributed by atoms with Crippen molar-refractivity contribution >= 4 is 16.9 Å². The number of aromatic nitrogens is 4. The number of anilines is 1. The third-order valence-corrected chi connectivity index (χ3v) is 5.41. The Morgan fingerprint density at radius 3 is 2.52 bits per heavy atom. The number of likely N-dealkylation sites (tertiary alicyclic amines) is 1. The van der Waals surface area contributed by atoms with Crippen LogP contribution in [-0.2, 0) is 12.5 Å². The molecule has 0 amide bonds. The Bertz CT molecular complexity index is 774. The standard InChI is InChI=1S/C18H28N6O/c1-18(2,3)17-20-15-12(9-19-22(15)4)16(21-17)24-10-13(14(25)11-24)23-7-5-6-8-23/h9,13-14,25H,5-8,10-11H2,1-4H3. The number of aliphatic hydroxyl groups excluding tert-OH is 1. The van der Waals surface area contributed by atoms with Gasteiger partial charge in [-0.1, -0.05) is 20.8 Å². The summed E-state index contributed by atoms with van der Waals surface area (Å²) in [6.07, 6.45) is 3.97. The number of hydrogen-bond acceptors (Lipinski definition) is 6. The van der Waals surface area contributed by atoms with E-state index in [1.165, 1.54) is 12.8 Å². The van der Waals surface area contributed by atoms with Gasteiger partial charge in [-0.25, -0.2) is 9.97 Å². The highest BCUT2D eigenvalue weighted by Crippen LogP contribution is 2.31. The summed E-state index contributed by atoms with van der Waals surface area (Å²) in [4.78, 5) is 14.3. The van der Waals surface area contributed by atoms with Gasteiger partial charge in [-0.05, 0) is 25.9 Å². The lowest BCUT2D eigenvalue weighted by Gasteiger charge is -2.26. The molecule has 1 N–H and O–H groups in total. The van der Waals surface area contributed by atoms with Crippen LogP contribution in [0.3, 0.4) is 0 Å². The van der Waals surface area contributed by atoms with Gasteiger partial charge in [0.1, 0.15) is 11.6 Å². The smallest absolute Gasteiger partial charge is 0.163 e. The summed E-state index contributed by atoms with van der Waals surface area (Å²) in [6.45, 7) is 9.99. The number of nitrogens with zero attached hydrogens (tertiary/aromatic N) is 6. The molecule has 136 valence electrons. The third kappa shape index (κ3) is 2.89. The Labute approximate surface area is 148 Å². The van der Waals surface area contributed by atoms with Gasteiger partial charge in [-0.3, -0.25) is 9.58 Å². The largest absolute Gasteiger partial charge is 0.390 e. The molecule has 0 bridgehead atoms. The van der Waals surface area contributed by atoms with E-state index in [2.05, 4.69) is 35.7 Å². The second kappa shape index (κ2) is 5.92. The van der Waals surface area contributed by atoms with E-state index in [1.54, 1.807) is 4.68 Å². The van der Waals surface area contributed by atoms with E-state index in [1.807, 2.05) is 13.2 Å². The summed E-state index contributed by atoms with van der Waals surface area (Å²) in [5.41, 5.74) is 0.717. The first-order valence-corrected chi connectivity index (χ1v) is 9.22. The molecule has 0 radical (unpaired) electrons. The van der Waals surface area contributed by atoms with Crippen LogP contribution in [0.15, 0.2) is 6.20 Å².